The van der Waals surface area contributed by atoms with Gasteiger partial charge >= 0.3 is 0 Å². The molecule has 1 aliphatic rings. The molecular weight excluding hydrogens is 192 g/mol. The first-order chi connectivity index (χ1) is 6.91. The Balaban J connectivity index is 2.63. The molecule has 15 heavy (non-hydrogen) atoms. The van der Waals surface area contributed by atoms with Gasteiger partial charge in [0.25, 0.3) is 0 Å². The van der Waals surface area contributed by atoms with Crippen molar-refractivity contribution in [1.82, 2.24) is 4.90 Å². The summed E-state index contributed by atoms with van der Waals surface area (Å²) in [7, 11) is 0. The van der Waals surface area contributed by atoms with Crippen LogP contribution in [-0.2, 0) is 4.79 Å². The number of rotatable bonds is 2. The number of hydrogen-bond donors (Lipinski definition) is 2. The van der Waals surface area contributed by atoms with Gasteiger partial charge in [-0.05, 0) is 13.3 Å². The highest BCUT2D eigenvalue weighted by Crippen LogP contribution is 2.20. The molecule has 4 nitrogen and oxygen atoms in total. The molecule has 3 atom stereocenters. The molecule has 0 spiro atoms. The van der Waals surface area contributed by atoms with E-state index >= 15 is 0 Å². The Morgan fingerprint density at radius 2 is 2.00 bits per heavy atom. The zero-order valence-corrected chi connectivity index (χ0v) is 9.81. The van der Waals surface area contributed by atoms with Crippen LogP contribution in [0.25, 0.3) is 0 Å². The van der Waals surface area contributed by atoms with Gasteiger partial charge in [0.05, 0.1) is 6.10 Å². The molecule has 1 amide bonds. The maximum atomic E-state index is 11.8. The number of amides is 1. The van der Waals surface area contributed by atoms with Crippen molar-refractivity contribution in [3.63, 3.8) is 0 Å². The fourth-order valence-corrected chi connectivity index (χ4v) is 2.07. The van der Waals surface area contributed by atoms with Crippen LogP contribution in [0.15, 0.2) is 0 Å². The Kier molecular flexibility index (Phi) is 4.11. The van der Waals surface area contributed by atoms with Crippen LogP contribution in [0, 0.1) is 11.8 Å². The van der Waals surface area contributed by atoms with Gasteiger partial charge in [0.15, 0.2) is 0 Å². The van der Waals surface area contributed by atoms with Gasteiger partial charge in [0.2, 0.25) is 5.91 Å². The minimum atomic E-state index is -0.390. The van der Waals surface area contributed by atoms with Crippen LogP contribution in [0.2, 0.25) is 0 Å². The highest BCUT2D eigenvalue weighted by atomic mass is 16.3. The number of nitrogens with zero attached hydrogens (tertiary/aromatic N) is 1. The molecule has 1 fully saturated rings. The van der Waals surface area contributed by atoms with Crippen LogP contribution < -0.4 is 5.73 Å². The van der Waals surface area contributed by atoms with E-state index in [2.05, 4.69) is 0 Å². The monoisotopic (exact) mass is 214 g/mol. The van der Waals surface area contributed by atoms with Gasteiger partial charge in [-0.1, -0.05) is 13.8 Å². The largest absolute Gasteiger partial charge is 0.393 e. The molecule has 0 bridgehead atoms. The number of aliphatic hydroxyl groups excluding tert-OH is 1. The van der Waals surface area contributed by atoms with Gasteiger partial charge in [-0.3, -0.25) is 4.79 Å². The molecular formula is C11H22N2O2. The molecule has 1 heterocycles. The highest BCUT2D eigenvalue weighted by molar-refractivity contribution is 5.78. The number of likely N-dealkylation sites (tertiary alicyclic amines) is 1. The molecule has 1 saturated heterocycles. The van der Waals surface area contributed by atoms with Gasteiger partial charge in [0, 0.05) is 31.0 Å². The maximum absolute atomic E-state index is 11.8. The lowest BCUT2D eigenvalue weighted by Crippen LogP contribution is -2.52. The molecule has 0 aromatic heterocycles. The summed E-state index contributed by atoms with van der Waals surface area (Å²) < 4.78 is 0. The number of carbonyl (C=O) groups excluding carboxylic acids is 1. The molecule has 3 N–H and O–H groups in total. The Labute approximate surface area is 91.4 Å². The lowest BCUT2D eigenvalue weighted by Gasteiger charge is -2.38. The van der Waals surface area contributed by atoms with Crippen molar-refractivity contribution < 1.29 is 9.90 Å². The average Bonchev–Trinajstić information content (AvgIpc) is 2.15. The lowest BCUT2D eigenvalue weighted by molar-refractivity contribution is -0.137. The average molecular weight is 214 g/mol. The number of aliphatic hydroxyl groups is 1. The predicted octanol–water partition coefficient (Wildman–Crippen LogP) is 0.199. The van der Waals surface area contributed by atoms with Crippen molar-refractivity contribution in [2.45, 2.75) is 39.3 Å². The Morgan fingerprint density at radius 1 is 1.40 bits per heavy atom. The summed E-state index contributed by atoms with van der Waals surface area (Å²) in [4.78, 5) is 13.6. The predicted molar refractivity (Wildman–Crippen MR) is 59.2 cm³/mol. The Morgan fingerprint density at radius 3 is 2.47 bits per heavy atom. The van der Waals surface area contributed by atoms with E-state index < -0.39 is 0 Å². The van der Waals surface area contributed by atoms with E-state index in [4.69, 9.17) is 5.73 Å². The number of hydrogen-bond acceptors (Lipinski definition) is 3. The summed E-state index contributed by atoms with van der Waals surface area (Å²) in [5.74, 6) is 0.261. The SMILES string of the molecule is CC(C)C(=O)N1CC(N)CC(C(C)O)C1. The summed E-state index contributed by atoms with van der Waals surface area (Å²) in [5, 5.41) is 9.54. The minimum absolute atomic E-state index is 0.000972. The van der Waals surface area contributed by atoms with Crippen LogP contribution >= 0.6 is 0 Å². The van der Waals surface area contributed by atoms with Gasteiger partial charge in [0.1, 0.15) is 0 Å². The van der Waals surface area contributed by atoms with E-state index in [0.717, 1.165) is 6.42 Å². The molecule has 3 unspecified atom stereocenters. The van der Waals surface area contributed by atoms with Crippen LogP contribution in [-0.4, -0.2) is 41.1 Å². The topological polar surface area (TPSA) is 66.6 Å². The van der Waals surface area contributed by atoms with Gasteiger partial charge in [-0.25, -0.2) is 0 Å². The Bertz CT molecular complexity index is 229. The highest BCUT2D eigenvalue weighted by Gasteiger charge is 2.31. The molecule has 1 aliphatic heterocycles. The van der Waals surface area contributed by atoms with Crippen molar-refractivity contribution in [2.24, 2.45) is 17.6 Å². The summed E-state index contributed by atoms with van der Waals surface area (Å²) in [6, 6.07) is 0.000972. The standard InChI is InChI=1S/C11H22N2O2/c1-7(2)11(15)13-5-9(8(3)14)4-10(12)6-13/h7-10,14H,4-6,12H2,1-3H3. The van der Waals surface area contributed by atoms with Crippen LogP contribution in [0.5, 0.6) is 0 Å². The molecule has 0 aliphatic carbocycles. The lowest BCUT2D eigenvalue weighted by atomic mass is 9.90. The quantitative estimate of drug-likeness (QED) is 0.690. The second kappa shape index (κ2) is 4.94. The summed E-state index contributed by atoms with van der Waals surface area (Å²) in [6.45, 7) is 6.81. The van der Waals surface area contributed by atoms with Crippen LogP contribution in [0.1, 0.15) is 27.2 Å². The van der Waals surface area contributed by atoms with E-state index in [0.29, 0.717) is 13.1 Å². The van der Waals surface area contributed by atoms with Crippen molar-refractivity contribution in [1.29, 1.82) is 0 Å². The first kappa shape index (κ1) is 12.5. The van der Waals surface area contributed by atoms with Gasteiger partial charge in [-0.2, -0.15) is 0 Å². The van der Waals surface area contributed by atoms with E-state index in [1.54, 1.807) is 11.8 Å². The zero-order valence-electron chi connectivity index (χ0n) is 9.81. The third kappa shape index (κ3) is 3.18. The fraction of sp³-hybridized carbons (Fsp3) is 0.909. The maximum Gasteiger partial charge on any atom is 0.225 e. The van der Waals surface area contributed by atoms with Crippen molar-refractivity contribution in [2.75, 3.05) is 13.1 Å². The molecule has 88 valence electrons. The molecule has 1 rings (SSSR count). The number of piperidine rings is 1. The Hall–Kier alpha value is -0.610. The third-order valence-corrected chi connectivity index (χ3v) is 3.00. The zero-order chi connectivity index (χ0) is 11.6. The normalized spacial score (nSPS) is 29.3. The molecule has 0 saturated carbocycles. The smallest absolute Gasteiger partial charge is 0.225 e. The first-order valence-electron chi connectivity index (χ1n) is 5.64. The van der Waals surface area contributed by atoms with Gasteiger partial charge in [-0.15, -0.1) is 0 Å². The molecule has 0 radical (unpaired) electrons. The molecule has 4 heteroatoms. The third-order valence-electron chi connectivity index (χ3n) is 3.00. The van der Waals surface area contributed by atoms with Crippen LogP contribution in [0.3, 0.4) is 0 Å². The molecule has 0 aromatic carbocycles. The second-order valence-corrected chi connectivity index (χ2v) is 4.89. The van der Waals surface area contributed by atoms with Crippen LogP contribution in [0.4, 0.5) is 0 Å². The van der Waals surface area contributed by atoms with Crippen molar-refractivity contribution >= 4 is 5.91 Å². The summed E-state index contributed by atoms with van der Waals surface area (Å²) >= 11 is 0. The van der Waals surface area contributed by atoms with E-state index in [-0.39, 0.29) is 29.9 Å². The molecule has 0 aromatic rings. The number of carbonyl (C=O) groups is 1. The van der Waals surface area contributed by atoms with Crippen molar-refractivity contribution in [3.05, 3.63) is 0 Å². The number of nitrogens with two attached hydrogens (primary N) is 1. The van der Waals surface area contributed by atoms with E-state index in [1.165, 1.54) is 0 Å². The first-order valence-corrected chi connectivity index (χ1v) is 5.64. The summed E-state index contributed by atoms with van der Waals surface area (Å²) in [6.07, 6.45) is 0.415. The van der Waals surface area contributed by atoms with E-state index in [1.807, 2.05) is 13.8 Å². The minimum Gasteiger partial charge on any atom is -0.393 e. The fourth-order valence-electron chi connectivity index (χ4n) is 2.07. The summed E-state index contributed by atoms with van der Waals surface area (Å²) in [5.41, 5.74) is 5.89. The van der Waals surface area contributed by atoms with Gasteiger partial charge < -0.3 is 15.7 Å². The van der Waals surface area contributed by atoms with E-state index in [9.17, 15) is 9.90 Å². The van der Waals surface area contributed by atoms with Crippen molar-refractivity contribution in [3.8, 4) is 0 Å². The second-order valence-electron chi connectivity index (χ2n) is 4.89.